The number of rotatable bonds is 3. The highest BCUT2D eigenvalue weighted by Gasteiger charge is 2.26. The van der Waals surface area contributed by atoms with Crippen LogP contribution >= 0.6 is 0 Å². The highest BCUT2D eigenvalue weighted by atomic mass is 16.2. The first-order valence-corrected chi connectivity index (χ1v) is 6.56. The van der Waals surface area contributed by atoms with Crippen LogP contribution in [-0.2, 0) is 9.59 Å². The van der Waals surface area contributed by atoms with Gasteiger partial charge in [-0.2, -0.15) is 0 Å². The van der Waals surface area contributed by atoms with Crippen molar-refractivity contribution in [2.75, 3.05) is 20.2 Å². The molecule has 1 aliphatic heterocycles. The van der Waals surface area contributed by atoms with Crippen LogP contribution < -0.4 is 0 Å². The summed E-state index contributed by atoms with van der Waals surface area (Å²) in [5, 5.41) is 7.00. The van der Waals surface area contributed by atoms with Crippen molar-refractivity contribution in [1.82, 2.24) is 4.90 Å². The average Bonchev–Trinajstić information content (AvgIpc) is 2.52. The van der Waals surface area contributed by atoms with Crippen molar-refractivity contribution in [2.24, 2.45) is 0 Å². The Hall–Kier alpha value is -1.68. The van der Waals surface area contributed by atoms with E-state index in [0.29, 0.717) is 0 Å². The van der Waals surface area contributed by atoms with Crippen LogP contribution in [0, 0.1) is 0 Å². The number of amides is 1. The minimum atomic E-state index is -0.630. The van der Waals surface area contributed by atoms with Crippen molar-refractivity contribution in [3.05, 3.63) is 35.9 Å². The van der Waals surface area contributed by atoms with Crippen molar-refractivity contribution >= 4 is 12.2 Å². The first-order chi connectivity index (χ1) is 9.33. The Kier molecular flexibility index (Phi) is 6.82. The molecule has 104 valence electrons. The van der Waals surface area contributed by atoms with Gasteiger partial charge in [0, 0.05) is 20.2 Å². The van der Waals surface area contributed by atoms with E-state index in [9.17, 15) is 9.59 Å². The molecule has 0 aliphatic carbocycles. The van der Waals surface area contributed by atoms with Gasteiger partial charge < -0.3 is 14.8 Å². The van der Waals surface area contributed by atoms with Crippen LogP contribution in [-0.4, -0.2) is 42.4 Å². The van der Waals surface area contributed by atoms with Crippen LogP contribution in [0.2, 0.25) is 0 Å². The highest BCUT2D eigenvalue weighted by Crippen LogP contribution is 2.19. The summed E-state index contributed by atoms with van der Waals surface area (Å²) in [6.45, 7) is 1.58. The minimum absolute atomic E-state index is 0.0501. The predicted molar refractivity (Wildman–Crippen MR) is 73.8 cm³/mol. The fourth-order valence-electron chi connectivity index (χ4n) is 2.25. The summed E-state index contributed by atoms with van der Waals surface area (Å²) in [4.78, 5) is 25.2. The van der Waals surface area contributed by atoms with E-state index < -0.39 is 5.92 Å². The van der Waals surface area contributed by atoms with Crippen LogP contribution in [0.15, 0.2) is 30.3 Å². The van der Waals surface area contributed by atoms with E-state index in [4.69, 9.17) is 5.11 Å². The standard InChI is InChI=1S/C14H17NO2.CH4O/c16-11-13(12-7-3-1-4-8-12)14(17)15-9-5-2-6-10-15;1-2/h1,3-4,7-8,11,13H,2,5-6,9-10H2;2H,1H3. The lowest BCUT2D eigenvalue weighted by Gasteiger charge is -2.28. The van der Waals surface area contributed by atoms with Gasteiger partial charge in [-0.3, -0.25) is 4.79 Å². The lowest BCUT2D eigenvalue weighted by atomic mass is 9.98. The number of benzene rings is 1. The number of carbonyl (C=O) groups excluding carboxylic acids is 2. The predicted octanol–water partition coefficient (Wildman–Crippen LogP) is 1.59. The van der Waals surface area contributed by atoms with Crippen LogP contribution in [0.25, 0.3) is 0 Å². The van der Waals surface area contributed by atoms with Crippen LogP contribution in [0.5, 0.6) is 0 Å². The van der Waals surface area contributed by atoms with Crippen LogP contribution in [0.1, 0.15) is 30.7 Å². The third-order valence-electron chi connectivity index (χ3n) is 3.23. The van der Waals surface area contributed by atoms with Crippen molar-refractivity contribution in [1.29, 1.82) is 0 Å². The maximum atomic E-state index is 12.2. The fraction of sp³-hybridized carbons (Fsp3) is 0.467. The number of hydrogen-bond acceptors (Lipinski definition) is 3. The van der Waals surface area contributed by atoms with Gasteiger partial charge in [0.25, 0.3) is 0 Å². The molecule has 0 spiro atoms. The molecule has 1 atom stereocenters. The van der Waals surface area contributed by atoms with E-state index in [0.717, 1.165) is 44.9 Å². The van der Waals surface area contributed by atoms with E-state index in [1.807, 2.05) is 35.2 Å². The zero-order chi connectivity index (χ0) is 14.1. The number of nitrogens with zero attached hydrogens (tertiary/aromatic N) is 1. The molecule has 2 rings (SSSR count). The molecule has 1 aliphatic rings. The molecular formula is C15H21NO3. The summed E-state index contributed by atoms with van der Waals surface area (Å²) in [5.41, 5.74) is 0.790. The second kappa shape index (κ2) is 8.43. The van der Waals surface area contributed by atoms with Crippen LogP contribution in [0.3, 0.4) is 0 Å². The first-order valence-electron chi connectivity index (χ1n) is 6.56. The highest BCUT2D eigenvalue weighted by molar-refractivity contribution is 5.97. The molecule has 0 aromatic heterocycles. The Bertz CT molecular complexity index is 386. The minimum Gasteiger partial charge on any atom is -0.400 e. The Morgan fingerprint density at radius 2 is 1.74 bits per heavy atom. The van der Waals surface area contributed by atoms with Crippen molar-refractivity contribution in [3.63, 3.8) is 0 Å². The summed E-state index contributed by atoms with van der Waals surface area (Å²) in [7, 11) is 1.00. The zero-order valence-electron chi connectivity index (χ0n) is 11.3. The molecule has 1 aromatic rings. The molecule has 19 heavy (non-hydrogen) atoms. The quantitative estimate of drug-likeness (QED) is 0.665. The maximum absolute atomic E-state index is 12.2. The summed E-state index contributed by atoms with van der Waals surface area (Å²) < 4.78 is 0. The molecular weight excluding hydrogens is 242 g/mol. The number of aliphatic hydroxyl groups excluding tert-OH is 1. The monoisotopic (exact) mass is 263 g/mol. The lowest BCUT2D eigenvalue weighted by Crippen LogP contribution is -2.39. The second-order valence-corrected chi connectivity index (χ2v) is 4.41. The van der Waals surface area contributed by atoms with Gasteiger partial charge in [-0.25, -0.2) is 0 Å². The normalized spacial score (nSPS) is 16.0. The van der Waals surface area contributed by atoms with Gasteiger partial charge in [0.1, 0.15) is 12.2 Å². The molecule has 1 saturated heterocycles. The Balaban J connectivity index is 0.000000861. The molecule has 4 heteroatoms. The van der Waals surface area contributed by atoms with Crippen molar-refractivity contribution in [3.8, 4) is 0 Å². The Labute approximate surface area is 114 Å². The number of carbonyl (C=O) groups is 2. The molecule has 1 N–H and O–H groups in total. The molecule has 1 amide bonds. The number of aliphatic hydroxyl groups is 1. The molecule has 0 saturated carbocycles. The largest absolute Gasteiger partial charge is 0.400 e. The summed E-state index contributed by atoms with van der Waals surface area (Å²) in [5.74, 6) is -0.680. The van der Waals surface area contributed by atoms with Crippen molar-refractivity contribution in [2.45, 2.75) is 25.2 Å². The molecule has 0 bridgehead atoms. The van der Waals surface area contributed by atoms with Crippen LogP contribution in [0.4, 0.5) is 0 Å². The summed E-state index contributed by atoms with van der Waals surface area (Å²) >= 11 is 0. The third-order valence-corrected chi connectivity index (χ3v) is 3.23. The molecule has 1 heterocycles. The van der Waals surface area contributed by atoms with E-state index in [2.05, 4.69) is 0 Å². The van der Waals surface area contributed by atoms with Gasteiger partial charge in [0.05, 0.1) is 0 Å². The van der Waals surface area contributed by atoms with Gasteiger partial charge in [-0.15, -0.1) is 0 Å². The van der Waals surface area contributed by atoms with Gasteiger partial charge in [0.15, 0.2) is 0 Å². The lowest BCUT2D eigenvalue weighted by molar-refractivity contribution is -0.135. The Morgan fingerprint density at radius 3 is 2.26 bits per heavy atom. The molecule has 4 nitrogen and oxygen atoms in total. The zero-order valence-corrected chi connectivity index (χ0v) is 11.3. The van der Waals surface area contributed by atoms with E-state index >= 15 is 0 Å². The maximum Gasteiger partial charge on any atom is 0.237 e. The molecule has 1 unspecified atom stereocenters. The summed E-state index contributed by atoms with van der Waals surface area (Å²) in [6, 6.07) is 9.27. The molecule has 1 aromatic carbocycles. The number of hydrogen-bond donors (Lipinski definition) is 1. The molecule has 1 fully saturated rings. The average molecular weight is 263 g/mol. The van der Waals surface area contributed by atoms with E-state index in [1.54, 1.807) is 0 Å². The fourth-order valence-corrected chi connectivity index (χ4v) is 2.25. The first kappa shape index (κ1) is 15.4. The third kappa shape index (κ3) is 4.17. The number of likely N-dealkylation sites (tertiary alicyclic amines) is 1. The molecule has 0 radical (unpaired) electrons. The second-order valence-electron chi connectivity index (χ2n) is 4.41. The van der Waals surface area contributed by atoms with Crippen molar-refractivity contribution < 1.29 is 14.7 Å². The van der Waals surface area contributed by atoms with Gasteiger partial charge in [-0.1, -0.05) is 30.3 Å². The van der Waals surface area contributed by atoms with E-state index in [1.165, 1.54) is 6.42 Å². The SMILES string of the molecule is CO.O=CC(C(=O)N1CCCCC1)c1ccccc1. The smallest absolute Gasteiger partial charge is 0.237 e. The Morgan fingerprint density at radius 1 is 1.16 bits per heavy atom. The topological polar surface area (TPSA) is 57.6 Å². The number of piperidine rings is 1. The van der Waals surface area contributed by atoms with E-state index in [-0.39, 0.29) is 5.91 Å². The number of aldehydes is 1. The van der Waals surface area contributed by atoms with Gasteiger partial charge >= 0.3 is 0 Å². The van der Waals surface area contributed by atoms with Gasteiger partial charge in [-0.05, 0) is 24.8 Å². The summed E-state index contributed by atoms with van der Waals surface area (Å²) in [6.07, 6.45) is 4.03. The van der Waals surface area contributed by atoms with Gasteiger partial charge in [0.2, 0.25) is 5.91 Å².